The van der Waals surface area contributed by atoms with Gasteiger partial charge in [0.05, 0.1) is 24.2 Å². The number of ether oxygens (including phenoxy) is 1. The number of methoxy groups -OCH3 is 1. The number of hydrogen-bond acceptors (Lipinski definition) is 3. The molecule has 2 rings (SSSR count). The van der Waals surface area contributed by atoms with Gasteiger partial charge in [0.25, 0.3) is 5.56 Å². The minimum absolute atomic E-state index is 0.0262. The second-order valence-electron chi connectivity index (χ2n) is 3.81. The van der Waals surface area contributed by atoms with Crippen molar-refractivity contribution >= 4 is 0 Å². The Morgan fingerprint density at radius 3 is 2.88 bits per heavy atom. The Balaban J connectivity index is 2.43. The Labute approximate surface area is 99.3 Å². The molecule has 0 bridgehead atoms. The first-order valence-corrected chi connectivity index (χ1v) is 5.38. The zero-order valence-corrected chi connectivity index (χ0v) is 9.81. The lowest BCUT2D eigenvalue weighted by Gasteiger charge is -2.11. The first-order valence-electron chi connectivity index (χ1n) is 5.38. The first-order chi connectivity index (χ1) is 8.20. The van der Waals surface area contributed by atoms with Crippen molar-refractivity contribution in [3.8, 4) is 11.3 Å². The monoisotopic (exact) mass is 230 g/mol. The minimum atomic E-state index is -0.201. The van der Waals surface area contributed by atoms with Crippen molar-refractivity contribution < 1.29 is 4.74 Å². The van der Waals surface area contributed by atoms with Crippen LogP contribution >= 0.6 is 0 Å². The molecule has 0 aliphatic carbocycles. The molecule has 0 aliphatic heterocycles. The van der Waals surface area contributed by atoms with Crippen LogP contribution in [0.1, 0.15) is 18.6 Å². The van der Waals surface area contributed by atoms with E-state index in [9.17, 15) is 4.79 Å². The molecule has 1 aromatic heterocycles. The molecule has 2 aromatic rings. The molecule has 0 saturated carbocycles. The van der Waals surface area contributed by atoms with Gasteiger partial charge in [-0.3, -0.25) is 9.78 Å². The zero-order chi connectivity index (χ0) is 12.3. The second-order valence-corrected chi connectivity index (χ2v) is 3.81. The molecule has 1 atom stereocenters. The summed E-state index contributed by atoms with van der Waals surface area (Å²) in [5.74, 6) is 0. The summed E-state index contributed by atoms with van der Waals surface area (Å²) in [7, 11) is 1.67. The number of nitrogens with one attached hydrogen (secondary N) is 1. The van der Waals surface area contributed by atoms with Gasteiger partial charge >= 0.3 is 0 Å². The third-order valence-corrected chi connectivity index (χ3v) is 2.67. The van der Waals surface area contributed by atoms with E-state index < -0.39 is 0 Å². The third kappa shape index (κ3) is 2.60. The highest BCUT2D eigenvalue weighted by Gasteiger charge is 2.05. The van der Waals surface area contributed by atoms with Crippen LogP contribution in [0.5, 0.6) is 0 Å². The van der Waals surface area contributed by atoms with E-state index in [1.54, 1.807) is 13.3 Å². The van der Waals surface area contributed by atoms with Crippen LogP contribution in [0.2, 0.25) is 0 Å². The molecule has 17 heavy (non-hydrogen) atoms. The molecule has 1 aromatic carbocycles. The Bertz CT molecular complexity index is 563. The number of benzene rings is 1. The summed E-state index contributed by atoms with van der Waals surface area (Å²) in [4.78, 5) is 17.8. The van der Waals surface area contributed by atoms with Gasteiger partial charge in [0, 0.05) is 7.11 Å². The number of rotatable bonds is 3. The normalized spacial score (nSPS) is 12.4. The summed E-state index contributed by atoms with van der Waals surface area (Å²) in [5, 5.41) is 0. The van der Waals surface area contributed by atoms with Gasteiger partial charge in [0.1, 0.15) is 0 Å². The summed E-state index contributed by atoms with van der Waals surface area (Å²) in [5.41, 5.74) is 2.50. The van der Waals surface area contributed by atoms with Gasteiger partial charge in [-0.25, -0.2) is 0 Å². The fourth-order valence-electron chi connectivity index (χ4n) is 1.62. The lowest BCUT2D eigenvalue weighted by molar-refractivity contribution is 0.119. The summed E-state index contributed by atoms with van der Waals surface area (Å²) in [6.07, 6.45) is 2.92. The van der Waals surface area contributed by atoms with E-state index >= 15 is 0 Å². The highest BCUT2D eigenvalue weighted by atomic mass is 16.5. The topological polar surface area (TPSA) is 55.0 Å². The average molecular weight is 230 g/mol. The summed E-state index contributed by atoms with van der Waals surface area (Å²) in [6.45, 7) is 1.98. The quantitative estimate of drug-likeness (QED) is 0.878. The molecule has 0 radical (unpaired) electrons. The number of hydrogen-bond donors (Lipinski definition) is 1. The highest BCUT2D eigenvalue weighted by molar-refractivity contribution is 5.58. The van der Waals surface area contributed by atoms with Crippen molar-refractivity contribution in [3.05, 3.63) is 52.6 Å². The van der Waals surface area contributed by atoms with Crippen LogP contribution in [0.25, 0.3) is 11.3 Å². The molecule has 4 nitrogen and oxygen atoms in total. The third-order valence-electron chi connectivity index (χ3n) is 2.67. The zero-order valence-electron chi connectivity index (χ0n) is 9.81. The largest absolute Gasteiger partial charge is 0.377 e. The molecular formula is C13H14N2O2. The number of aromatic amines is 1. The van der Waals surface area contributed by atoms with Crippen LogP contribution in [0.4, 0.5) is 0 Å². The summed E-state index contributed by atoms with van der Waals surface area (Å²) >= 11 is 0. The Morgan fingerprint density at radius 2 is 2.18 bits per heavy atom. The molecule has 4 heteroatoms. The Kier molecular flexibility index (Phi) is 3.35. The molecule has 88 valence electrons. The molecule has 1 N–H and O–H groups in total. The SMILES string of the molecule is COC(C)c1cccc(-c2cncc(=O)[nH]2)c1. The second kappa shape index (κ2) is 4.93. The van der Waals surface area contributed by atoms with Crippen molar-refractivity contribution in [2.45, 2.75) is 13.0 Å². The number of aromatic nitrogens is 2. The van der Waals surface area contributed by atoms with E-state index in [0.717, 1.165) is 11.1 Å². The molecular weight excluding hydrogens is 216 g/mol. The van der Waals surface area contributed by atoms with Gasteiger partial charge < -0.3 is 9.72 Å². The molecule has 0 saturated heterocycles. The first kappa shape index (κ1) is 11.5. The number of H-pyrrole nitrogens is 1. The average Bonchev–Trinajstić information content (AvgIpc) is 2.38. The van der Waals surface area contributed by atoms with Gasteiger partial charge in [0.15, 0.2) is 0 Å². The van der Waals surface area contributed by atoms with E-state index in [2.05, 4.69) is 9.97 Å². The lowest BCUT2D eigenvalue weighted by atomic mass is 10.1. The van der Waals surface area contributed by atoms with Crippen LogP contribution in [-0.4, -0.2) is 17.1 Å². The maximum Gasteiger partial charge on any atom is 0.266 e. The van der Waals surface area contributed by atoms with Crippen LogP contribution in [0, 0.1) is 0 Å². The molecule has 0 amide bonds. The van der Waals surface area contributed by atoms with Crippen molar-refractivity contribution in [2.24, 2.45) is 0 Å². The number of nitrogens with zero attached hydrogens (tertiary/aromatic N) is 1. The lowest BCUT2D eigenvalue weighted by Crippen LogP contribution is -2.06. The molecule has 1 unspecified atom stereocenters. The standard InChI is InChI=1S/C13H14N2O2/c1-9(17-2)10-4-3-5-11(6-10)12-7-14-8-13(16)15-12/h3-9H,1-2H3,(H,15,16). The molecule has 1 heterocycles. The van der Waals surface area contributed by atoms with Crippen molar-refractivity contribution in [1.29, 1.82) is 0 Å². The van der Waals surface area contributed by atoms with Crippen molar-refractivity contribution in [3.63, 3.8) is 0 Å². The van der Waals surface area contributed by atoms with Gasteiger partial charge in [-0.15, -0.1) is 0 Å². The van der Waals surface area contributed by atoms with E-state index in [0.29, 0.717) is 5.69 Å². The highest BCUT2D eigenvalue weighted by Crippen LogP contribution is 2.21. The smallest absolute Gasteiger partial charge is 0.266 e. The summed E-state index contributed by atoms with van der Waals surface area (Å²) in [6, 6.07) is 7.84. The van der Waals surface area contributed by atoms with Crippen molar-refractivity contribution in [2.75, 3.05) is 7.11 Å². The fraction of sp³-hybridized carbons (Fsp3) is 0.231. The van der Waals surface area contributed by atoms with Crippen molar-refractivity contribution in [1.82, 2.24) is 9.97 Å². The Hall–Kier alpha value is -1.94. The summed E-state index contributed by atoms with van der Waals surface area (Å²) < 4.78 is 5.26. The van der Waals surface area contributed by atoms with Crippen LogP contribution in [0.3, 0.4) is 0 Å². The van der Waals surface area contributed by atoms with Gasteiger partial charge in [0.2, 0.25) is 0 Å². The fourth-order valence-corrected chi connectivity index (χ4v) is 1.62. The van der Waals surface area contributed by atoms with E-state index in [-0.39, 0.29) is 11.7 Å². The predicted octanol–water partition coefficient (Wildman–Crippen LogP) is 2.14. The minimum Gasteiger partial charge on any atom is -0.377 e. The van der Waals surface area contributed by atoms with Crippen LogP contribution in [-0.2, 0) is 4.74 Å². The van der Waals surface area contributed by atoms with Gasteiger partial charge in [-0.05, 0) is 24.1 Å². The van der Waals surface area contributed by atoms with E-state index in [1.165, 1.54) is 6.20 Å². The maximum atomic E-state index is 11.2. The molecule has 0 fully saturated rings. The van der Waals surface area contributed by atoms with Crippen LogP contribution in [0.15, 0.2) is 41.5 Å². The Morgan fingerprint density at radius 1 is 1.35 bits per heavy atom. The molecule has 0 aliphatic rings. The van der Waals surface area contributed by atoms with E-state index in [4.69, 9.17) is 4.74 Å². The van der Waals surface area contributed by atoms with Crippen LogP contribution < -0.4 is 5.56 Å². The van der Waals surface area contributed by atoms with Gasteiger partial charge in [-0.1, -0.05) is 18.2 Å². The van der Waals surface area contributed by atoms with Gasteiger partial charge in [-0.2, -0.15) is 0 Å². The maximum absolute atomic E-state index is 11.2. The molecule has 0 spiro atoms. The van der Waals surface area contributed by atoms with E-state index in [1.807, 2.05) is 31.2 Å². The predicted molar refractivity (Wildman–Crippen MR) is 65.7 cm³/mol.